The molecule has 0 aliphatic carbocycles. The third-order valence-electron chi connectivity index (χ3n) is 2.82. The van der Waals surface area contributed by atoms with Crippen molar-refractivity contribution in [3.8, 4) is 0 Å². The Kier molecular flexibility index (Phi) is 3.97. The number of pyridine rings is 1. The molecular formula is C14H20N4. The lowest BCUT2D eigenvalue weighted by Gasteiger charge is -2.07. The molecule has 0 unspecified atom stereocenters. The maximum atomic E-state index is 4.47. The topological polar surface area (TPSA) is 42.7 Å². The van der Waals surface area contributed by atoms with Crippen molar-refractivity contribution < 1.29 is 0 Å². The Morgan fingerprint density at radius 2 is 2.11 bits per heavy atom. The van der Waals surface area contributed by atoms with E-state index in [4.69, 9.17) is 0 Å². The van der Waals surface area contributed by atoms with Gasteiger partial charge in [-0.05, 0) is 44.0 Å². The molecule has 0 aliphatic rings. The molecule has 2 aromatic heterocycles. The van der Waals surface area contributed by atoms with Crippen LogP contribution < -0.4 is 5.32 Å². The average Bonchev–Trinajstić information content (AvgIpc) is 2.66. The number of nitrogens with one attached hydrogen (secondary N) is 1. The van der Waals surface area contributed by atoms with Gasteiger partial charge in [0.05, 0.1) is 12.2 Å². The Morgan fingerprint density at radius 1 is 1.28 bits per heavy atom. The molecule has 4 nitrogen and oxygen atoms in total. The lowest BCUT2D eigenvalue weighted by Crippen LogP contribution is -2.06. The van der Waals surface area contributed by atoms with E-state index in [-0.39, 0.29) is 0 Å². The lowest BCUT2D eigenvalue weighted by molar-refractivity contribution is 0.658. The van der Waals surface area contributed by atoms with E-state index in [0.717, 1.165) is 31.0 Å². The van der Waals surface area contributed by atoms with E-state index in [1.54, 1.807) is 0 Å². The Hall–Kier alpha value is -1.84. The van der Waals surface area contributed by atoms with Crippen LogP contribution in [-0.4, -0.2) is 21.3 Å². The summed E-state index contributed by atoms with van der Waals surface area (Å²) in [5.74, 6) is 0.941. The first-order chi connectivity index (χ1) is 8.69. The smallest absolute Gasteiger partial charge is 0.126 e. The third-order valence-corrected chi connectivity index (χ3v) is 2.82. The third kappa shape index (κ3) is 3.09. The fraction of sp³-hybridized carbons (Fsp3) is 0.429. The maximum absolute atomic E-state index is 4.47. The van der Waals surface area contributed by atoms with Crippen LogP contribution in [0.15, 0.2) is 24.4 Å². The van der Waals surface area contributed by atoms with E-state index in [1.807, 2.05) is 23.9 Å². The van der Waals surface area contributed by atoms with Crippen LogP contribution in [0.2, 0.25) is 0 Å². The van der Waals surface area contributed by atoms with Gasteiger partial charge in [-0.3, -0.25) is 4.68 Å². The van der Waals surface area contributed by atoms with Crippen molar-refractivity contribution in [1.29, 1.82) is 0 Å². The van der Waals surface area contributed by atoms with Crippen molar-refractivity contribution in [2.24, 2.45) is 0 Å². The van der Waals surface area contributed by atoms with Crippen LogP contribution in [-0.2, 0) is 6.54 Å². The number of nitrogens with zero attached hydrogens (tertiary/aromatic N) is 3. The van der Waals surface area contributed by atoms with Crippen molar-refractivity contribution in [3.05, 3.63) is 41.3 Å². The second-order valence-electron chi connectivity index (χ2n) is 4.56. The van der Waals surface area contributed by atoms with Crippen LogP contribution in [0.3, 0.4) is 0 Å². The summed E-state index contributed by atoms with van der Waals surface area (Å²) in [5.41, 5.74) is 3.47. The fourth-order valence-corrected chi connectivity index (χ4v) is 1.93. The number of aryl methyl sites for hydroxylation is 2. The molecule has 0 saturated carbocycles. The van der Waals surface area contributed by atoms with Gasteiger partial charge in [0.1, 0.15) is 5.82 Å². The van der Waals surface area contributed by atoms with Crippen molar-refractivity contribution in [2.75, 3.05) is 11.9 Å². The standard InChI is InChI=1S/C14H20N4/c1-4-6-15-14-9-13(5-7-16-14)10-18-12(3)8-11(2)17-18/h5,7-9H,4,6,10H2,1-3H3,(H,15,16). The lowest BCUT2D eigenvalue weighted by atomic mass is 10.2. The minimum atomic E-state index is 0.795. The van der Waals surface area contributed by atoms with E-state index in [9.17, 15) is 0 Å². The highest BCUT2D eigenvalue weighted by atomic mass is 15.3. The summed E-state index contributed by atoms with van der Waals surface area (Å²) in [6.45, 7) is 7.99. The minimum Gasteiger partial charge on any atom is -0.370 e. The molecule has 2 aromatic rings. The molecule has 0 atom stereocenters. The number of hydrogen-bond donors (Lipinski definition) is 1. The van der Waals surface area contributed by atoms with Crippen LogP contribution >= 0.6 is 0 Å². The molecule has 0 fully saturated rings. The Bertz CT molecular complexity index is 516. The quantitative estimate of drug-likeness (QED) is 0.879. The van der Waals surface area contributed by atoms with Crippen LogP contribution in [0.5, 0.6) is 0 Å². The molecule has 18 heavy (non-hydrogen) atoms. The molecule has 0 aliphatic heterocycles. The van der Waals surface area contributed by atoms with Crippen LogP contribution in [0.4, 0.5) is 5.82 Å². The van der Waals surface area contributed by atoms with Gasteiger partial charge in [0.15, 0.2) is 0 Å². The zero-order valence-electron chi connectivity index (χ0n) is 11.3. The molecule has 0 saturated heterocycles. The molecule has 0 amide bonds. The van der Waals surface area contributed by atoms with Gasteiger partial charge in [-0.25, -0.2) is 4.98 Å². The van der Waals surface area contributed by atoms with Crippen LogP contribution in [0, 0.1) is 13.8 Å². The predicted octanol–water partition coefficient (Wildman–Crippen LogP) is 2.77. The van der Waals surface area contributed by atoms with Gasteiger partial charge in [-0.2, -0.15) is 5.10 Å². The highest BCUT2D eigenvalue weighted by Gasteiger charge is 2.03. The average molecular weight is 244 g/mol. The molecule has 2 heterocycles. The van der Waals surface area contributed by atoms with E-state index in [2.05, 4.69) is 41.4 Å². The monoisotopic (exact) mass is 244 g/mol. The highest BCUT2D eigenvalue weighted by Crippen LogP contribution is 2.10. The summed E-state index contributed by atoms with van der Waals surface area (Å²) in [4.78, 5) is 4.31. The van der Waals surface area contributed by atoms with Gasteiger partial charge in [0.2, 0.25) is 0 Å². The van der Waals surface area contributed by atoms with Gasteiger partial charge in [0, 0.05) is 18.4 Å². The van der Waals surface area contributed by atoms with Crippen LogP contribution in [0.1, 0.15) is 30.3 Å². The highest BCUT2D eigenvalue weighted by molar-refractivity contribution is 5.37. The fourth-order valence-electron chi connectivity index (χ4n) is 1.93. The second kappa shape index (κ2) is 5.67. The van der Waals surface area contributed by atoms with E-state index in [1.165, 1.54) is 11.3 Å². The minimum absolute atomic E-state index is 0.795. The molecular weight excluding hydrogens is 224 g/mol. The largest absolute Gasteiger partial charge is 0.370 e. The molecule has 0 bridgehead atoms. The SMILES string of the molecule is CCCNc1cc(Cn2nc(C)cc2C)ccn1. The first kappa shape index (κ1) is 12.6. The van der Waals surface area contributed by atoms with Gasteiger partial charge in [-0.15, -0.1) is 0 Å². The second-order valence-corrected chi connectivity index (χ2v) is 4.56. The molecule has 0 radical (unpaired) electrons. The van der Waals surface area contributed by atoms with E-state index in [0.29, 0.717) is 0 Å². The van der Waals surface area contributed by atoms with Crippen LogP contribution in [0.25, 0.3) is 0 Å². The van der Waals surface area contributed by atoms with Crippen molar-refractivity contribution >= 4 is 5.82 Å². The van der Waals surface area contributed by atoms with Gasteiger partial charge in [0.25, 0.3) is 0 Å². The summed E-state index contributed by atoms with van der Waals surface area (Å²) in [6, 6.07) is 6.22. The summed E-state index contributed by atoms with van der Waals surface area (Å²) < 4.78 is 2.02. The molecule has 4 heteroatoms. The van der Waals surface area contributed by atoms with Gasteiger partial charge < -0.3 is 5.32 Å². The molecule has 0 spiro atoms. The number of anilines is 1. The maximum Gasteiger partial charge on any atom is 0.126 e. The summed E-state index contributed by atoms with van der Waals surface area (Å²) in [7, 11) is 0. The summed E-state index contributed by atoms with van der Waals surface area (Å²) in [5, 5.41) is 7.77. The Labute approximate surface area is 108 Å². The normalized spacial score (nSPS) is 10.6. The molecule has 0 aromatic carbocycles. The Balaban J connectivity index is 2.11. The first-order valence-electron chi connectivity index (χ1n) is 6.39. The van der Waals surface area contributed by atoms with Crippen molar-refractivity contribution in [3.63, 3.8) is 0 Å². The zero-order valence-corrected chi connectivity index (χ0v) is 11.3. The number of rotatable bonds is 5. The zero-order chi connectivity index (χ0) is 13.0. The van der Waals surface area contributed by atoms with E-state index < -0.39 is 0 Å². The summed E-state index contributed by atoms with van der Waals surface area (Å²) >= 11 is 0. The predicted molar refractivity (Wildman–Crippen MR) is 73.8 cm³/mol. The van der Waals surface area contributed by atoms with Gasteiger partial charge >= 0.3 is 0 Å². The van der Waals surface area contributed by atoms with Crippen molar-refractivity contribution in [2.45, 2.75) is 33.7 Å². The molecule has 2 rings (SSSR count). The molecule has 1 N–H and O–H groups in total. The number of hydrogen-bond acceptors (Lipinski definition) is 3. The van der Waals surface area contributed by atoms with Gasteiger partial charge in [-0.1, -0.05) is 6.92 Å². The summed E-state index contributed by atoms with van der Waals surface area (Å²) in [6.07, 6.45) is 2.95. The Morgan fingerprint density at radius 3 is 2.78 bits per heavy atom. The molecule has 96 valence electrons. The number of aromatic nitrogens is 3. The van der Waals surface area contributed by atoms with Crippen molar-refractivity contribution in [1.82, 2.24) is 14.8 Å². The van der Waals surface area contributed by atoms with E-state index >= 15 is 0 Å². The first-order valence-corrected chi connectivity index (χ1v) is 6.39.